The van der Waals surface area contributed by atoms with E-state index in [1.54, 1.807) is 0 Å². The predicted molar refractivity (Wildman–Crippen MR) is 81.1 cm³/mol. The summed E-state index contributed by atoms with van der Waals surface area (Å²) < 4.78 is 2.34. The summed E-state index contributed by atoms with van der Waals surface area (Å²) in [7, 11) is 0. The average molecular weight is 259 g/mol. The minimum Gasteiger partial charge on any atom is -0.243 e. The highest BCUT2D eigenvalue weighted by atomic mass is 15.0. The Hall–Kier alpha value is -1.31. The van der Waals surface area contributed by atoms with E-state index in [9.17, 15) is 0 Å². The molecule has 0 spiro atoms. The molecule has 2 heteroatoms. The molecule has 0 fully saturated rings. The van der Waals surface area contributed by atoms with Crippen molar-refractivity contribution in [2.24, 2.45) is 0 Å². The van der Waals surface area contributed by atoms with Gasteiger partial charge >= 0.3 is 0 Å². The van der Waals surface area contributed by atoms with Gasteiger partial charge in [0.1, 0.15) is 0 Å². The lowest BCUT2D eigenvalue weighted by Gasteiger charge is -2.01. The van der Waals surface area contributed by atoms with Gasteiger partial charge in [-0.2, -0.15) is 0 Å². The monoisotopic (exact) mass is 259 g/mol. The van der Waals surface area contributed by atoms with Gasteiger partial charge in [0, 0.05) is 0 Å². The van der Waals surface area contributed by atoms with Crippen LogP contribution in [-0.4, -0.2) is 4.98 Å². The lowest BCUT2D eigenvalue weighted by Crippen LogP contribution is -2.31. The number of fused-ring (bicyclic) bond motifs is 1. The lowest BCUT2D eigenvalue weighted by atomic mass is 10.1. The normalized spacial score (nSPS) is 11.2. The van der Waals surface area contributed by atoms with Gasteiger partial charge < -0.3 is 0 Å². The van der Waals surface area contributed by atoms with Gasteiger partial charge in [-0.1, -0.05) is 57.6 Å². The van der Waals surface area contributed by atoms with Gasteiger partial charge in [-0.15, -0.1) is 0 Å². The van der Waals surface area contributed by atoms with E-state index in [-0.39, 0.29) is 0 Å². The SMILES string of the molecule is CCCCCCCCCC[n+]1c[nH]c2ccccc21. The highest BCUT2D eigenvalue weighted by molar-refractivity contribution is 5.70. The van der Waals surface area contributed by atoms with E-state index in [0.29, 0.717) is 0 Å². The van der Waals surface area contributed by atoms with Crippen LogP contribution in [0, 0.1) is 0 Å². The first-order valence-corrected chi connectivity index (χ1v) is 7.87. The largest absolute Gasteiger partial charge is 0.243 e. The van der Waals surface area contributed by atoms with Crippen LogP contribution in [0.15, 0.2) is 30.6 Å². The number of rotatable bonds is 9. The van der Waals surface area contributed by atoms with Crippen molar-refractivity contribution in [1.82, 2.24) is 4.98 Å². The van der Waals surface area contributed by atoms with Crippen LogP contribution in [0.2, 0.25) is 0 Å². The Morgan fingerprint density at radius 3 is 2.37 bits per heavy atom. The number of imidazole rings is 1. The molecule has 0 saturated heterocycles. The lowest BCUT2D eigenvalue weighted by molar-refractivity contribution is -0.671. The molecule has 0 aliphatic carbocycles. The molecule has 104 valence electrons. The van der Waals surface area contributed by atoms with Crippen LogP contribution in [-0.2, 0) is 6.54 Å². The molecule has 0 aliphatic heterocycles. The Morgan fingerprint density at radius 2 is 1.58 bits per heavy atom. The molecular formula is C17H27N2+. The summed E-state index contributed by atoms with van der Waals surface area (Å²) in [5.74, 6) is 0. The number of unbranched alkanes of at least 4 members (excludes halogenated alkanes) is 7. The van der Waals surface area contributed by atoms with E-state index < -0.39 is 0 Å². The minimum absolute atomic E-state index is 1.14. The fourth-order valence-electron chi connectivity index (χ4n) is 2.66. The third-order valence-corrected chi connectivity index (χ3v) is 3.84. The Kier molecular flexibility index (Phi) is 5.93. The number of hydrogen-bond donors (Lipinski definition) is 1. The second-order valence-corrected chi connectivity index (χ2v) is 5.46. The molecule has 2 aromatic rings. The van der Waals surface area contributed by atoms with Crippen LogP contribution < -0.4 is 4.57 Å². The van der Waals surface area contributed by atoms with Crippen molar-refractivity contribution in [3.63, 3.8) is 0 Å². The topological polar surface area (TPSA) is 19.7 Å². The summed E-state index contributed by atoms with van der Waals surface area (Å²) in [6.45, 7) is 3.41. The molecule has 0 radical (unpaired) electrons. The standard InChI is InChI=1S/C17H26N2/c1-2-3-4-5-6-7-8-11-14-19-15-18-16-12-9-10-13-17(16)19/h9-10,12-13,15H,2-8,11,14H2,1H3/p+1. The fourth-order valence-corrected chi connectivity index (χ4v) is 2.66. The zero-order chi connectivity index (χ0) is 13.3. The Bertz CT molecular complexity index is 473. The van der Waals surface area contributed by atoms with Gasteiger partial charge in [0.05, 0.1) is 6.54 Å². The summed E-state index contributed by atoms with van der Waals surface area (Å²) >= 11 is 0. The van der Waals surface area contributed by atoms with Crippen molar-refractivity contribution in [2.45, 2.75) is 64.8 Å². The third-order valence-electron chi connectivity index (χ3n) is 3.84. The highest BCUT2D eigenvalue weighted by Crippen LogP contribution is 2.09. The van der Waals surface area contributed by atoms with E-state index in [4.69, 9.17) is 0 Å². The van der Waals surface area contributed by atoms with E-state index in [1.165, 1.54) is 62.4 Å². The molecule has 1 aromatic heterocycles. The molecule has 0 unspecified atom stereocenters. The zero-order valence-corrected chi connectivity index (χ0v) is 12.2. The van der Waals surface area contributed by atoms with Gasteiger partial charge in [0.15, 0.2) is 11.0 Å². The number of aryl methyl sites for hydroxylation is 1. The van der Waals surface area contributed by atoms with Crippen LogP contribution in [0.3, 0.4) is 0 Å². The Labute approximate surface area is 116 Å². The van der Waals surface area contributed by atoms with Crippen molar-refractivity contribution in [3.8, 4) is 0 Å². The molecule has 0 bridgehead atoms. The molecule has 0 amide bonds. The Morgan fingerprint density at radius 1 is 0.895 bits per heavy atom. The maximum absolute atomic E-state index is 3.33. The van der Waals surface area contributed by atoms with Crippen molar-refractivity contribution in [2.75, 3.05) is 0 Å². The van der Waals surface area contributed by atoms with Crippen molar-refractivity contribution in [3.05, 3.63) is 30.6 Å². The first kappa shape index (κ1) is 14.1. The van der Waals surface area contributed by atoms with Crippen LogP contribution in [0.4, 0.5) is 0 Å². The number of nitrogens with one attached hydrogen (secondary N) is 1. The summed E-state index contributed by atoms with van der Waals surface area (Å²) in [6.07, 6.45) is 13.2. The first-order chi connectivity index (χ1) is 9.42. The third kappa shape index (κ3) is 4.38. The molecule has 1 N–H and O–H groups in total. The summed E-state index contributed by atoms with van der Waals surface area (Å²) in [4.78, 5) is 3.33. The van der Waals surface area contributed by atoms with Gasteiger partial charge in [0.2, 0.25) is 6.33 Å². The van der Waals surface area contributed by atoms with E-state index in [2.05, 4.69) is 47.1 Å². The number of H-pyrrole nitrogens is 1. The number of aromatic amines is 1. The van der Waals surface area contributed by atoms with Crippen molar-refractivity contribution in [1.29, 1.82) is 0 Å². The second-order valence-electron chi connectivity index (χ2n) is 5.46. The van der Waals surface area contributed by atoms with Gasteiger partial charge in [0.25, 0.3) is 0 Å². The van der Waals surface area contributed by atoms with Crippen LogP contribution in [0.1, 0.15) is 58.3 Å². The van der Waals surface area contributed by atoms with E-state index in [1.807, 2.05) is 0 Å². The van der Waals surface area contributed by atoms with E-state index >= 15 is 0 Å². The summed E-state index contributed by atoms with van der Waals surface area (Å²) in [6, 6.07) is 8.52. The molecule has 19 heavy (non-hydrogen) atoms. The average Bonchev–Trinajstić information content (AvgIpc) is 2.85. The molecule has 1 heterocycles. The maximum Gasteiger partial charge on any atom is 0.242 e. The van der Waals surface area contributed by atoms with Gasteiger partial charge in [-0.3, -0.25) is 0 Å². The maximum atomic E-state index is 3.33. The van der Waals surface area contributed by atoms with Crippen molar-refractivity contribution >= 4 is 11.0 Å². The highest BCUT2D eigenvalue weighted by Gasteiger charge is 2.07. The zero-order valence-electron chi connectivity index (χ0n) is 12.2. The molecule has 0 aliphatic rings. The number of para-hydroxylation sites is 2. The van der Waals surface area contributed by atoms with Gasteiger partial charge in [-0.05, 0) is 25.0 Å². The fraction of sp³-hybridized carbons (Fsp3) is 0.588. The number of nitrogens with zero attached hydrogens (tertiary/aromatic N) is 1. The van der Waals surface area contributed by atoms with Crippen LogP contribution in [0.25, 0.3) is 11.0 Å². The molecule has 0 atom stereocenters. The number of hydrogen-bond acceptors (Lipinski definition) is 0. The smallest absolute Gasteiger partial charge is 0.242 e. The number of benzene rings is 1. The Balaban J connectivity index is 1.63. The van der Waals surface area contributed by atoms with Crippen LogP contribution >= 0.6 is 0 Å². The molecular weight excluding hydrogens is 232 g/mol. The van der Waals surface area contributed by atoms with Crippen molar-refractivity contribution < 1.29 is 4.57 Å². The van der Waals surface area contributed by atoms with Crippen LogP contribution in [0.5, 0.6) is 0 Å². The molecule has 2 nitrogen and oxygen atoms in total. The minimum atomic E-state index is 1.14. The quantitative estimate of drug-likeness (QED) is 0.502. The molecule has 1 aromatic carbocycles. The number of aromatic nitrogens is 2. The predicted octanol–water partition coefficient (Wildman–Crippen LogP) is 4.60. The van der Waals surface area contributed by atoms with E-state index in [0.717, 1.165) is 6.54 Å². The first-order valence-electron chi connectivity index (χ1n) is 7.87. The summed E-state index contributed by atoms with van der Waals surface area (Å²) in [5.41, 5.74) is 2.56. The van der Waals surface area contributed by atoms with Gasteiger partial charge in [-0.25, -0.2) is 9.55 Å². The molecule has 2 rings (SSSR count). The second kappa shape index (κ2) is 7.98. The summed E-state index contributed by atoms with van der Waals surface area (Å²) in [5, 5.41) is 0. The molecule has 0 saturated carbocycles.